The van der Waals surface area contributed by atoms with E-state index in [1.165, 1.54) is 0 Å². The highest BCUT2D eigenvalue weighted by molar-refractivity contribution is 5.90. The van der Waals surface area contributed by atoms with Gasteiger partial charge >= 0.3 is 0 Å². The average Bonchev–Trinajstić information content (AvgIpc) is 3.04. The summed E-state index contributed by atoms with van der Waals surface area (Å²) in [5, 5.41) is 17.8. The minimum Gasteiger partial charge on any atom is -0.229 e. The number of hydrogen-bond acceptors (Lipinski definition) is 3. The Morgan fingerprint density at radius 3 is 2.84 bits per heavy atom. The summed E-state index contributed by atoms with van der Waals surface area (Å²) in [5.41, 5.74) is 5.36. The molecule has 0 aliphatic carbocycles. The second kappa shape index (κ2) is 3.33. The zero-order valence-electron chi connectivity index (χ0n) is 10.2. The van der Waals surface area contributed by atoms with Gasteiger partial charge in [0.2, 0.25) is 0 Å². The molecule has 0 radical (unpaired) electrons. The van der Waals surface area contributed by atoms with Crippen molar-refractivity contribution >= 4 is 22.1 Å². The zero-order chi connectivity index (χ0) is 13.0. The summed E-state index contributed by atoms with van der Waals surface area (Å²) >= 11 is 0. The Morgan fingerprint density at radius 1 is 1.11 bits per heavy atom. The summed E-state index contributed by atoms with van der Waals surface area (Å²) in [6.45, 7) is 2.05. The third-order valence-electron chi connectivity index (χ3n) is 3.39. The molecule has 19 heavy (non-hydrogen) atoms. The first-order chi connectivity index (χ1) is 9.29. The van der Waals surface area contributed by atoms with Crippen molar-refractivity contribution in [1.82, 2.24) is 19.2 Å². The van der Waals surface area contributed by atoms with Crippen LogP contribution in [0, 0.1) is 18.3 Å². The lowest BCUT2D eigenvalue weighted by atomic mass is 10.2. The second-order valence-electron chi connectivity index (χ2n) is 4.51. The predicted octanol–water partition coefficient (Wildman–Crippen LogP) is 2.32. The van der Waals surface area contributed by atoms with Gasteiger partial charge in [0.15, 0.2) is 5.69 Å². The van der Waals surface area contributed by atoms with E-state index in [1.54, 1.807) is 12.3 Å². The SMILES string of the molecule is Cc1cccc2c1n1nccc1c1cc(C#N)nn12. The van der Waals surface area contributed by atoms with Crippen LogP contribution >= 0.6 is 0 Å². The van der Waals surface area contributed by atoms with E-state index < -0.39 is 0 Å². The number of nitrogens with zero attached hydrogens (tertiary/aromatic N) is 5. The quantitative estimate of drug-likeness (QED) is 0.479. The van der Waals surface area contributed by atoms with E-state index >= 15 is 0 Å². The van der Waals surface area contributed by atoms with Gasteiger partial charge in [0.25, 0.3) is 0 Å². The summed E-state index contributed by atoms with van der Waals surface area (Å²) in [6, 6.07) is 11.8. The first-order valence-electron chi connectivity index (χ1n) is 5.94. The van der Waals surface area contributed by atoms with E-state index in [0.717, 1.165) is 27.6 Å². The van der Waals surface area contributed by atoms with Crippen LogP contribution in [-0.2, 0) is 0 Å². The molecule has 5 heteroatoms. The van der Waals surface area contributed by atoms with Crippen molar-refractivity contribution in [2.45, 2.75) is 6.92 Å². The topological polar surface area (TPSA) is 58.4 Å². The normalized spacial score (nSPS) is 11.4. The number of aromatic nitrogens is 4. The Bertz CT molecular complexity index is 984. The zero-order valence-corrected chi connectivity index (χ0v) is 10.2. The first kappa shape index (κ1) is 10.1. The van der Waals surface area contributed by atoms with Crippen LogP contribution in [0.3, 0.4) is 0 Å². The van der Waals surface area contributed by atoms with Gasteiger partial charge in [0.1, 0.15) is 6.07 Å². The lowest BCUT2D eigenvalue weighted by Crippen LogP contribution is -2.00. The molecule has 3 aromatic heterocycles. The van der Waals surface area contributed by atoms with E-state index in [-0.39, 0.29) is 0 Å². The van der Waals surface area contributed by atoms with Gasteiger partial charge in [-0.2, -0.15) is 15.5 Å². The molecule has 3 heterocycles. The van der Waals surface area contributed by atoms with Gasteiger partial charge in [-0.1, -0.05) is 12.1 Å². The monoisotopic (exact) mass is 247 g/mol. The van der Waals surface area contributed by atoms with Crippen molar-refractivity contribution in [3.63, 3.8) is 0 Å². The highest BCUT2D eigenvalue weighted by atomic mass is 15.3. The fourth-order valence-corrected chi connectivity index (χ4v) is 2.57. The van der Waals surface area contributed by atoms with Crippen molar-refractivity contribution in [2.75, 3.05) is 0 Å². The molecule has 0 aliphatic heterocycles. The van der Waals surface area contributed by atoms with Crippen molar-refractivity contribution in [3.05, 3.63) is 47.8 Å². The Morgan fingerprint density at radius 2 is 2.00 bits per heavy atom. The molecule has 0 bridgehead atoms. The maximum atomic E-state index is 9.04. The molecule has 0 saturated carbocycles. The Balaban J connectivity index is 2.43. The number of benzene rings is 1. The third-order valence-corrected chi connectivity index (χ3v) is 3.39. The Labute approximate surface area is 108 Å². The highest BCUT2D eigenvalue weighted by Gasteiger charge is 2.13. The molecule has 1 aromatic carbocycles. The van der Waals surface area contributed by atoms with E-state index in [4.69, 9.17) is 5.26 Å². The lowest BCUT2D eigenvalue weighted by Gasteiger charge is -2.07. The lowest BCUT2D eigenvalue weighted by molar-refractivity contribution is 0.947. The van der Waals surface area contributed by atoms with E-state index in [9.17, 15) is 0 Å². The Kier molecular flexibility index (Phi) is 1.77. The van der Waals surface area contributed by atoms with Gasteiger partial charge in [-0.25, -0.2) is 9.03 Å². The van der Waals surface area contributed by atoms with Crippen LogP contribution < -0.4 is 0 Å². The largest absolute Gasteiger partial charge is 0.229 e. The molecule has 0 saturated heterocycles. The number of fused-ring (bicyclic) bond motifs is 6. The minimum atomic E-state index is 0.414. The molecule has 4 aromatic rings. The maximum Gasteiger partial charge on any atom is 0.163 e. The van der Waals surface area contributed by atoms with Crippen LogP contribution in [0.5, 0.6) is 0 Å². The first-order valence-corrected chi connectivity index (χ1v) is 5.94. The van der Waals surface area contributed by atoms with Crippen LogP contribution in [0.15, 0.2) is 36.5 Å². The number of aryl methyl sites for hydroxylation is 1. The van der Waals surface area contributed by atoms with E-state index in [1.807, 2.05) is 40.2 Å². The highest BCUT2D eigenvalue weighted by Crippen LogP contribution is 2.24. The molecule has 0 aliphatic rings. The van der Waals surface area contributed by atoms with Crippen LogP contribution in [-0.4, -0.2) is 19.2 Å². The van der Waals surface area contributed by atoms with Gasteiger partial charge in [-0.05, 0) is 24.6 Å². The third kappa shape index (κ3) is 1.17. The van der Waals surface area contributed by atoms with Crippen molar-refractivity contribution in [1.29, 1.82) is 5.26 Å². The van der Waals surface area contributed by atoms with Crippen LogP contribution in [0.25, 0.3) is 22.1 Å². The van der Waals surface area contributed by atoms with Crippen molar-refractivity contribution in [3.8, 4) is 6.07 Å². The molecule has 0 atom stereocenters. The standard InChI is InChI=1S/C14H9N5/c1-9-3-2-4-12-14(9)19-11(5-6-16-19)13-7-10(8-15)17-18(12)13/h2-7H,1H3. The van der Waals surface area contributed by atoms with Crippen LogP contribution in [0.1, 0.15) is 11.3 Å². The van der Waals surface area contributed by atoms with Gasteiger partial charge in [-0.3, -0.25) is 0 Å². The smallest absolute Gasteiger partial charge is 0.163 e. The van der Waals surface area contributed by atoms with Crippen LogP contribution in [0.2, 0.25) is 0 Å². The number of para-hydroxylation sites is 1. The minimum absolute atomic E-state index is 0.414. The second-order valence-corrected chi connectivity index (χ2v) is 4.51. The molecule has 5 nitrogen and oxygen atoms in total. The summed E-state index contributed by atoms with van der Waals surface area (Å²) in [7, 11) is 0. The number of nitriles is 1. The van der Waals surface area contributed by atoms with E-state index in [0.29, 0.717) is 5.69 Å². The molecule has 0 amide bonds. The van der Waals surface area contributed by atoms with E-state index in [2.05, 4.69) is 16.3 Å². The van der Waals surface area contributed by atoms with Crippen molar-refractivity contribution < 1.29 is 0 Å². The van der Waals surface area contributed by atoms with Gasteiger partial charge in [0.05, 0.1) is 28.3 Å². The van der Waals surface area contributed by atoms with Gasteiger partial charge in [0, 0.05) is 6.07 Å². The fraction of sp³-hybridized carbons (Fsp3) is 0.0714. The maximum absolute atomic E-state index is 9.04. The molecule has 0 N–H and O–H groups in total. The summed E-state index contributed by atoms with van der Waals surface area (Å²) in [6.07, 6.45) is 1.76. The van der Waals surface area contributed by atoms with Crippen molar-refractivity contribution in [2.24, 2.45) is 0 Å². The summed E-state index contributed by atoms with van der Waals surface area (Å²) in [4.78, 5) is 0. The molecule has 4 rings (SSSR count). The molecular formula is C14H9N5. The molecule has 0 unspecified atom stereocenters. The predicted molar refractivity (Wildman–Crippen MR) is 70.9 cm³/mol. The van der Waals surface area contributed by atoms with Gasteiger partial charge < -0.3 is 0 Å². The van der Waals surface area contributed by atoms with Crippen LogP contribution in [0.4, 0.5) is 0 Å². The number of hydrogen-bond donors (Lipinski definition) is 0. The summed E-state index contributed by atoms with van der Waals surface area (Å²) in [5.74, 6) is 0. The Hall–Kier alpha value is -2.87. The molecule has 90 valence electrons. The number of rotatable bonds is 0. The molecular weight excluding hydrogens is 238 g/mol. The van der Waals surface area contributed by atoms with Gasteiger partial charge in [-0.15, -0.1) is 0 Å². The average molecular weight is 247 g/mol. The summed E-state index contributed by atoms with van der Waals surface area (Å²) < 4.78 is 3.72. The fourth-order valence-electron chi connectivity index (χ4n) is 2.57. The molecule has 0 spiro atoms. The molecule has 0 fully saturated rings.